The molecule has 20 heavy (non-hydrogen) atoms. The third kappa shape index (κ3) is 3.04. The normalized spacial score (nSPS) is 16.5. The standard InChI is InChI=1S/C15H19N5/c1-2-7-12-19(11-6-1)13-10-15-16-17-18-20(15)14-8-4-3-5-9-14/h3-5,8-10,13H,1-2,6-7,11-12H2. The van der Waals surface area contributed by atoms with Gasteiger partial charge in [0.25, 0.3) is 0 Å². The van der Waals surface area contributed by atoms with Crippen molar-refractivity contribution in [3.05, 3.63) is 42.4 Å². The highest BCUT2D eigenvalue weighted by Crippen LogP contribution is 2.12. The Bertz CT molecular complexity index is 553. The van der Waals surface area contributed by atoms with Gasteiger partial charge in [-0.1, -0.05) is 31.0 Å². The van der Waals surface area contributed by atoms with E-state index in [0.29, 0.717) is 0 Å². The molecule has 2 aromatic rings. The smallest absolute Gasteiger partial charge is 0.181 e. The minimum absolute atomic E-state index is 0.764. The SMILES string of the molecule is C(=CN1CCCCCC1)c1nnnn1-c1ccccc1. The van der Waals surface area contributed by atoms with Crippen LogP contribution < -0.4 is 0 Å². The summed E-state index contributed by atoms with van der Waals surface area (Å²) in [6.07, 6.45) is 9.34. The second-order valence-electron chi connectivity index (χ2n) is 5.05. The van der Waals surface area contributed by atoms with E-state index in [1.54, 1.807) is 4.68 Å². The van der Waals surface area contributed by atoms with Crippen molar-refractivity contribution >= 4 is 6.08 Å². The van der Waals surface area contributed by atoms with Crippen molar-refractivity contribution < 1.29 is 0 Å². The average Bonchev–Trinajstić information content (AvgIpc) is 2.81. The Balaban J connectivity index is 1.76. The number of likely N-dealkylation sites (tertiary alicyclic amines) is 1. The topological polar surface area (TPSA) is 46.8 Å². The summed E-state index contributed by atoms with van der Waals surface area (Å²) in [5.74, 6) is 0.764. The van der Waals surface area contributed by atoms with Crippen LogP contribution in [0.1, 0.15) is 31.5 Å². The van der Waals surface area contributed by atoms with Crippen LogP contribution in [-0.2, 0) is 0 Å². The van der Waals surface area contributed by atoms with Crippen molar-refractivity contribution in [2.75, 3.05) is 13.1 Å². The van der Waals surface area contributed by atoms with Crippen molar-refractivity contribution in [1.82, 2.24) is 25.1 Å². The number of hydrogen-bond acceptors (Lipinski definition) is 4. The molecule has 104 valence electrons. The summed E-state index contributed by atoms with van der Waals surface area (Å²) in [5, 5.41) is 11.9. The van der Waals surface area contributed by atoms with E-state index >= 15 is 0 Å². The molecule has 0 saturated carbocycles. The number of aromatic nitrogens is 4. The molecule has 0 bridgehead atoms. The molecule has 0 unspecified atom stereocenters. The van der Waals surface area contributed by atoms with Gasteiger partial charge >= 0.3 is 0 Å². The Morgan fingerprint density at radius 1 is 0.950 bits per heavy atom. The number of rotatable bonds is 3. The highest BCUT2D eigenvalue weighted by Gasteiger charge is 2.07. The van der Waals surface area contributed by atoms with E-state index in [1.165, 1.54) is 25.7 Å². The molecule has 0 radical (unpaired) electrons. The van der Waals surface area contributed by atoms with Gasteiger partial charge < -0.3 is 4.90 Å². The molecule has 5 heteroatoms. The summed E-state index contributed by atoms with van der Waals surface area (Å²) in [6.45, 7) is 2.26. The lowest BCUT2D eigenvalue weighted by Gasteiger charge is -2.16. The minimum Gasteiger partial charge on any atom is -0.377 e. The molecule has 0 N–H and O–H groups in total. The minimum atomic E-state index is 0.764. The lowest BCUT2D eigenvalue weighted by Crippen LogP contribution is -2.17. The second kappa shape index (κ2) is 6.32. The van der Waals surface area contributed by atoms with Crippen molar-refractivity contribution in [3.8, 4) is 5.69 Å². The summed E-state index contributed by atoms with van der Waals surface area (Å²) < 4.78 is 1.76. The number of benzene rings is 1. The molecule has 2 heterocycles. The van der Waals surface area contributed by atoms with Crippen molar-refractivity contribution in [2.45, 2.75) is 25.7 Å². The van der Waals surface area contributed by atoms with E-state index in [-0.39, 0.29) is 0 Å². The quantitative estimate of drug-likeness (QED) is 0.859. The van der Waals surface area contributed by atoms with Crippen LogP contribution in [0.25, 0.3) is 11.8 Å². The predicted molar refractivity (Wildman–Crippen MR) is 78.2 cm³/mol. The maximum absolute atomic E-state index is 4.09. The Morgan fingerprint density at radius 3 is 2.45 bits per heavy atom. The molecule has 0 amide bonds. The number of tetrazole rings is 1. The second-order valence-corrected chi connectivity index (χ2v) is 5.05. The van der Waals surface area contributed by atoms with Gasteiger partial charge in [0, 0.05) is 25.4 Å². The van der Waals surface area contributed by atoms with Crippen LogP contribution in [0.15, 0.2) is 36.5 Å². The number of hydrogen-bond donors (Lipinski definition) is 0. The van der Waals surface area contributed by atoms with Gasteiger partial charge in [-0.3, -0.25) is 0 Å². The van der Waals surface area contributed by atoms with E-state index in [2.05, 4.69) is 26.6 Å². The number of para-hydroxylation sites is 1. The molecule has 5 nitrogen and oxygen atoms in total. The van der Waals surface area contributed by atoms with Gasteiger partial charge in [-0.05, 0) is 35.4 Å². The van der Waals surface area contributed by atoms with Crippen LogP contribution in [0.3, 0.4) is 0 Å². The molecule has 1 aromatic heterocycles. The Morgan fingerprint density at radius 2 is 1.70 bits per heavy atom. The van der Waals surface area contributed by atoms with Crippen LogP contribution in [0.4, 0.5) is 0 Å². The van der Waals surface area contributed by atoms with Crippen LogP contribution in [0.5, 0.6) is 0 Å². The maximum Gasteiger partial charge on any atom is 0.181 e. The van der Waals surface area contributed by atoms with Crippen LogP contribution in [-0.4, -0.2) is 38.2 Å². The Kier molecular flexibility index (Phi) is 4.06. The molecule has 0 spiro atoms. The first-order valence-electron chi connectivity index (χ1n) is 7.19. The summed E-state index contributed by atoms with van der Waals surface area (Å²) >= 11 is 0. The van der Waals surface area contributed by atoms with Crippen molar-refractivity contribution in [3.63, 3.8) is 0 Å². The summed E-state index contributed by atoms with van der Waals surface area (Å²) in [6, 6.07) is 9.96. The third-order valence-electron chi connectivity index (χ3n) is 3.57. The fourth-order valence-corrected chi connectivity index (χ4v) is 2.47. The zero-order chi connectivity index (χ0) is 13.6. The van der Waals surface area contributed by atoms with E-state index in [1.807, 2.05) is 36.4 Å². The Labute approximate surface area is 118 Å². The fraction of sp³-hybridized carbons (Fsp3) is 0.400. The Hall–Kier alpha value is -2.17. The molecule has 1 aliphatic rings. The van der Waals surface area contributed by atoms with E-state index in [9.17, 15) is 0 Å². The predicted octanol–water partition coefficient (Wildman–Crippen LogP) is 2.51. The molecule has 1 fully saturated rings. The van der Waals surface area contributed by atoms with Gasteiger partial charge in [0.1, 0.15) is 0 Å². The van der Waals surface area contributed by atoms with Gasteiger partial charge in [0.05, 0.1) is 5.69 Å². The van der Waals surface area contributed by atoms with Crippen molar-refractivity contribution in [2.24, 2.45) is 0 Å². The van der Waals surface area contributed by atoms with Crippen molar-refractivity contribution in [1.29, 1.82) is 0 Å². The van der Waals surface area contributed by atoms with E-state index in [0.717, 1.165) is 24.6 Å². The van der Waals surface area contributed by atoms with Crippen LogP contribution in [0, 0.1) is 0 Å². The fourth-order valence-electron chi connectivity index (χ4n) is 2.47. The molecule has 3 rings (SSSR count). The summed E-state index contributed by atoms with van der Waals surface area (Å²) in [5.41, 5.74) is 0.980. The molecule has 0 atom stereocenters. The van der Waals surface area contributed by atoms with E-state index < -0.39 is 0 Å². The highest BCUT2D eigenvalue weighted by molar-refractivity contribution is 5.43. The highest BCUT2D eigenvalue weighted by atomic mass is 15.5. The van der Waals surface area contributed by atoms with Gasteiger partial charge in [0.15, 0.2) is 5.82 Å². The molecular weight excluding hydrogens is 250 g/mol. The van der Waals surface area contributed by atoms with Crippen LogP contribution >= 0.6 is 0 Å². The summed E-state index contributed by atoms with van der Waals surface area (Å²) in [7, 11) is 0. The average molecular weight is 269 g/mol. The maximum atomic E-state index is 4.09. The summed E-state index contributed by atoms with van der Waals surface area (Å²) in [4.78, 5) is 2.36. The third-order valence-corrected chi connectivity index (χ3v) is 3.57. The first-order chi connectivity index (χ1) is 9.93. The van der Waals surface area contributed by atoms with Gasteiger partial charge in [-0.2, -0.15) is 4.68 Å². The lowest BCUT2D eigenvalue weighted by molar-refractivity contribution is 0.394. The largest absolute Gasteiger partial charge is 0.377 e. The van der Waals surface area contributed by atoms with Gasteiger partial charge in [-0.15, -0.1) is 5.10 Å². The van der Waals surface area contributed by atoms with E-state index in [4.69, 9.17) is 0 Å². The molecule has 0 aliphatic carbocycles. The molecule has 1 aliphatic heterocycles. The molecule has 1 saturated heterocycles. The van der Waals surface area contributed by atoms with Gasteiger partial charge in [0.2, 0.25) is 0 Å². The lowest BCUT2D eigenvalue weighted by atomic mass is 10.2. The number of nitrogens with zero attached hydrogens (tertiary/aromatic N) is 5. The molecule has 1 aromatic carbocycles. The first kappa shape index (κ1) is 12.8. The van der Waals surface area contributed by atoms with Gasteiger partial charge in [-0.25, -0.2) is 0 Å². The van der Waals surface area contributed by atoms with Crippen LogP contribution in [0.2, 0.25) is 0 Å². The zero-order valence-corrected chi connectivity index (χ0v) is 11.5. The first-order valence-corrected chi connectivity index (χ1v) is 7.19. The monoisotopic (exact) mass is 269 g/mol. The zero-order valence-electron chi connectivity index (χ0n) is 11.5. The molecular formula is C15H19N5.